The van der Waals surface area contributed by atoms with Gasteiger partial charge in [-0.25, -0.2) is 9.97 Å². The van der Waals surface area contributed by atoms with Crippen molar-refractivity contribution in [3.63, 3.8) is 0 Å². The fourth-order valence-electron chi connectivity index (χ4n) is 4.98. The van der Waals surface area contributed by atoms with Gasteiger partial charge in [-0.3, -0.25) is 4.98 Å². The van der Waals surface area contributed by atoms with Crippen LogP contribution in [-0.4, -0.2) is 66.7 Å². The molecule has 2 aliphatic heterocycles. The SMILES string of the molecule is COc1cc2c(cc1Nc1ncc3ccc(-c4cncc(N5CCN(C)CC5)c4)cc3n1)CNCC2. The number of piperazine rings is 1. The van der Waals surface area contributed by atoms with E-state index in [0.717, 1.165) is 79.2 Å². The third kappa shape index (κ3) is 4.57. The van der Waals surface area contributed by atoms with Gasteiger partial charge in [0.05, 0.1) is 30.2 Å². The summed E-state index contributed by atoms with van der Waals surface area (Å²) in [4.78, 5) is 18.7. The first-order chi connectivity index (χ1) is 17.7. The summed E-state index contributed by atoms with van der Waals surface area (Å²) in [7, 11) is 3.87. The Morgan fingerprint density at radius 1 is 0.944 bits per heavy atom. The van der Waals surface area contributed by atoms with Crippen molar-refractivity contribution in [2.75, 3.05) is 57.1 Å². The Labute approximate surface area is 211 Å². The number of hydrogen-bond donors (Lipinski definition) is 2. The summed E-state index contributed by atoms with van der Waals surface area (Å²) < 4.78 is 5.66. The van der Waals surface area contributed by atoms with Crippen molar-refractivity contribution in [2.45, 2.75) is 13.0 Å². The van der Waals surface area contributed by atoms with Crippen LogP contribution >= 0.6 is 0 Å². The molecule has 0 unspecified atom stereocenters. The quantitative estimate of drug-likeness (QED) is 0.445. The minimum atomic E-state index is 0.547. The summed E-state index contributed by atoms with van der Waals surface area (Å²) in [6.45, 7) is 6.02. The lowest BCUT2D eigenvalue weighted by atomic mass is 10.00. The molecule has 2 aromatic heterocycles. The zero-order valence-electron chi connectivity index (χ0n) is 20.8. The van der Waals surface area contributed by atoms with Crippen molar-refractivity contribution in [1.29, 1.82) is 0 Å². The van der Waals surface area contributed by atoms with Gasteiger partial charge in [0, 0.05) is 56.1 Å². The van der Waals surface area contributed by atoms with Crippen LogP contribution in [0.1, 0.15) is 11.1 Å². The lowest BCUT2D eigenvalue weighted by Gasteiger charge is -2.34. The van der Waals surface area contributed by atoms with Crippen LogP contribution in [0.3, 0.4) is 0 Å². The van der Waals surface area contributed by atoms with E-state index in [4.69, 9.17) is 9.72 Å². The first kappa shape index (κ1) is 22.7. The predicted octanol–water partition coefficient (Wildman–Crippen LogP) is 3.84. The molecule has 8 heteroatoms. The number of rotatable bonds is 5. The zero-order chi connectivity index (χ0) is 24.5. The van der Waals surface area contributed by atoms with Crippen molar-refractivity contribution in [1.82, 2.24) is 25.2 Å². The largest absolute Gasteiger partial charge is 0.495 e. The lowest BCUT2D eigenvalue weighted by molar-refractivity contribution is 0.313. The number of pyridine rings is 1. The van der Waals surface area contributed by atoms with Gasteiger partial charge in [0.15, 0.2) is 0 Å². The number of methoxy groups -OCH3 is 1. The second-order valence-electron chi connectivity index (χ2n) is 9.56. The van der Waals surface area contributed by atoms with Crippen LogP contribution in [0.4, 0.5) is 17.3 Å². The third-order valence-electron chi connectivity index (χ3n) is 7.16. The maximum atomic E-state index is 5.66. The molecule has 8 nitrogen and oxygen atoms in total. The normalized spacial score (nSPS) is 16.1. The second kappa shape index (κ2) is 9.72. The van der Waals surface area contributed by atoms with E-state index in [2.05, 4.69) is 73.8 Å². The summed E-state index contributed by atoms with van der Waals surface area (Å²) >= 11 is 0. The van der Waals surface area contributed by atoms with Crippen LogP contribution in [0.2, 0.25) is 0 Å². The highest BCUT2D eigenvalue weighted by atomic mass is 16.5. The van der Waals surface area contributed by atoms with Crippen LogP contribution < -0.4 is 20.3 Å². The number of anilines is 3. The molecule has 0 amide bonds. The number of nitrogens with zero attached hydrogens (tertiary/aromatic N) is 5. The summed E-state index contributed by atoms with van der Waals surface area (Å²) in [5, 5.41) is 7.81. The van der Waals surface area contributed by atoms with Crippen LogP contribution in [0.15, 0.2) is 55.0 Å². The molecule has 2 aliphatic rings. The maximum absolute atomic E-state index is 5.66. The smallest absolute Gasteiger partial charge is 0.227 e. The minimum absolute atomic E-state index is 0.547. The first-order valence-corrected chi connectivity index (χ1v) is 12.5. The number of nitrogens with one attached hydrogen (secondary N) is 2. The van der Waals surface area contributed by atoms with Crippen LogP contribution in [0.25, 0.3) is 22.0 Å². The molecule has 6 rings (SSSR count). The monoisotopic (exact) mass is 481 g/mol. The molecule has 1 fully saturated rings. The highest BCUT2D eigenvalue weighted by Crippen LogP contribution is 2.32. The van der Waals surface area contributed by atoms with Crippen molar-refractivity contribution >= 4 is 28.2 Å². The van der Waals surface area contributed by atoms with Crippen LogP contribution in [0.5, 0.6) is 5.75 Å². The van der Waals surface area contributed by atoms with E-state index in [-0.39, 0.29) is 0 Å². The Morgan fingerprint density at radius 3 is 2.69 bits per heavy atom. The molecule has 0 aliphatic carbocycles. The number of likely N-dealkylation sites (N-methyl/N-ethyl adjacent to an activating group) is 1. The van der Waals surface area contributed by atoms with Crippen molar-refractivity contribution < 1.29 is 4.74 Å². The molecule has 4 aromatic rings. The fourth-order valence-corrected chi connectivity index (χ4v) is 4.98. The Hall–Kier alpha value is -3.75. The topological polar surface area (TPSA) is 78.4 Å². The molecule has 36 heavy (non-hydrogen) atoms. The number of hydrogen-bond acceptors (Lipinski definition) is 8. The summed E-state index contributed by atoms with van der Waals surface area (Å²) in [6.07, 6.45) is 6.75. The maximum Gasteiger partial charge on any atom is 0.227 e. The molecular formula is C28H31N7O. The van der Waals surface area contributed by atoms with E-state index in [9.17, 15) is 0 Å². The van der Waals surface area contributed by atoms with Gasteiger partial charge in [0.1, 0.15) is 5.75 Å². The molecule has 0 saturated carbocycles. The van der Waals surface area contributed by atoms with E-state index in [1.807, 2.05) is 18.6 Å². The molecule has 0 atom stereocenters. The van der Waals surface area contributed by atoms with Gasteiger partial charge in [-0.1, -0.05) is 12.1 Å². The molecule has 184 valence electrons. The number of ether oxygens (including phenoxy) is 1. The molecule has 2 aromatic carbocycles. The first-order valence-electron chi connectivity index (χ1n) is 12.5. The second-order valence-corrected chi connectivity index (χ2v) is 9.56. The number of fused-ring (bicyclic) bond motifs is 2. The molecule has 0 spiro atoms. The highest BCUT2D eigenvalue weighted by Gasteiger charge is 2.16. The number of benzene rings is 2. The lowest BCUT2D eigenvalue weighted by Crippen LogP contribution is -2.44. The molecule has 0 bridgehead atoms. The molecule has 4 heterocycles. The van der Waals surface area contributed by atoms with Crippen LogP contribution in [-0.2, 0) is 13.0 Å². The van der Waals surface area contributed by atoms with Crippen molar-refractivity contribution in [3.05, 3.63) is 66.1 Å². The van der Waals surface area contributed by atoms with Gasteiger partial charge in [0.2, 0.25) is 5.95 Å². The molecule has 2 N–H and O–H groups in total. The molecule has 0 radical (unpaired) electrons. The van der Waals surface area contributed by atoms with Gasteiger partial charge in [-0.05, 0) is 61.0 Å². The van der Waals surface area contributed by atoms with Gasteiger partial charge in [0.25, 0.3) is 0 Å². The highest BCUT2D eigenvalue weighted by molar-refractivity contribution is 5.85. The fraction of sp³-hybridized carbons (Fsp3) is 0.321. The Bertz CT molecular complexity index is 1400. The van der Waals surface area contributed by atoms with Gasteiger partial charge in [-0.2, -0.15) is 0 Å². The molecule has 1 saturated heterocycles. The third-order valence-corrected chi connectivity index (χ3v) is 7.16. The van der Waals surface area contributed by atoms with E-state index < -0.39 is 0 Å². The Kier molecular flexibility index (Phi) is 6.13. The Balaban J connectivity index is 1.29. The van der Waals surface area contributed by atoms with E-state index >= 15 is 0 Å². The van der Waals surface area contributed by atoms with E-state index in [1.54, 1.807) is 7.11 Å². The summed E-state index contributed by atoms with van der Waals surface area (Å²) in [5.41, 5.74) is 7.71. The number of aromatic nitrogens is 3. The van der Waals surface area contributed by atoms with Gasteiger partial charge in [-0.15, -0.1) is 0 Å². The predicted molar refractivity (Wildman–Crippen MR) is 144 cm³/mol. The van der Waals surface area contributed by atoms with E-state index in [1.165, 1.54) is 16.8 Å². The van der Waals surface area contributed by atoms with Crippen LogP contribution in [0, 0.1) is 0 Å². The van der Waals surface area contributed by atoms with Crippen molar-refractivity contribution in [2.24, 2.45) is 0 Å². The van der Waals surface area contributed by atoms with Gasteiger partial charge >= 0.3 is 0 Å². The van der Waals surface area contributed by atoms with E-state index in [0.29, 0.717) is 5.95 Å². The average molecular weight is 482 g/mol. The Morgan fingerprint density at radius 2 is 1.83 bits per heavy atom. The zero-order valence-corrected chi connectivity index (χ0v) is 20.8. The van der Waals surface area contributed by atoms with Gasteiger partial charge < -0.3 is 25.2 Å². The average Bonchev–Trinajstić information content (AvgIpc) is 2.93. The summed E-state index contributed by atoms with van der Waals surface area (Å²) in [5.74, 6) is 1.35. The molecular weight excluding hydrogens is 450 g/mol. The standard InChI is InChI=1S/C28H31N7O/c1-34-7-9-35(10-8-34)24-11-22(16-30-18-24)19-3-4-21-17-31-28(32-25(21)12-19)33-26-13-23-15-29-6-5-20(23)14-27(26)36-2/h3-4,11-14,16-18,29H,5-10,15H2,1-2H3,(H,31,32,33). The van der Waals surface area contributed by atoms with Crippen molar-refractivity contribution in [3.8, 4) is 16.9 Å². The summed E-state index contributed by atoms with van der Waals surface area (Å²) in [6, 6.07) is 12.8. The minimum Gasteiger partial charge on any atom is -0.495 e.